The number of nitrogens with one attached hydrogen (secondary N) is 2. The Morgan fingerprint density at radius 2 is 1.87 bits per heavy atom. The molecule has 8 nitrogen and oxygen atoms in total. The topological polar surface area (TPSA) is 80.3 Å². The standard InChI is InChI=1S/C18H31F3N6O2.HI/c1-5-17(3)14(28)27(16(29)24-17)8-6-7-23-15(22-4)26-11-9-25(10-12-26)13(2)18(19,20)21;/h13H,5-12H2,1-4H3,(H,22,23)(H,24,29);1H. The second kappa shape index (κ2) is 10.8. The normalized spacial score (nSPS) is 24.6. The summed E-state index contributed by atoms with van der Waals surface area (Å²) in [6, 6.07) is -1.84. The first-order valence-electron chi connectivity index (χ1n) is 9.94. The predicted octanol–water partition coefficient (Wildman–Crippen LogP) is 1.86. The van der Waals surface area contributed by atoms with E-state index >= 15 is 0 Å². The maximum atomic E-state index is 12.9. The number of hydrogen-bond donors (Lipinski definition) is 2. The van der Waals surface area contributed by atoms with Crippen molar-refractivity contribution in [1.82, 2.24) is 25.3 Å². The van der Waals surface area contributed by atoms with Crippen LogP contribution in [-0.2, 0) is 4.79 Å². The molecule has 2 atom stereocenters. The third-order valence-corrected chi connectivity index (χ3v) is 5.74. The Hall–Kier alpha value is -1.31. The molecule has 0 spiro atoms. The zero-order valence-electron chi connectivity index (χ0n) is 17.9. The number of halogens is 4. The van der Waals surface area contributed by atoms with Gasteiger partial charge in [0.1, 0.15) is 11.6 Å². The van der Waals surface area contributed by atoms with Crippen molar-refractivity contribution in [2.75, 3.05) is 46.3 Å². The number of aliphatic imine (C=N–C) groups is 1. The summed E-state index contributed by atoms with van der Waals surface area (Å²) in [6.45, 7) is 7.03. The quantitative estimate of drug-likeness (QED) is 0.174. The molecule has 0 aromatic carbocycles. The molecule has 2 unspecified atom stereocenters. The maximum absolute atomic E-state index is 12.9. The van der Waals surface area contributed by atoms with E-state index < -0.39 is 17.8 Å². The molecule has 2 heterocycles. The highest BCUT2D eigenvalue weighted by Crippen LogP contribution is 2.25. The minimum Gasteiger partial charge on any atom is -0.356 e. The molecule has 2 saturated heterocycles. The molecule has 3 amide bonds. The van der Waals surface area contributed by atoms with Crippen molar-refractivity contribution in [2.45, 2.75) is 51.4 Å². The Bertz CT molecular complexity index is 640. The average Bonchev–Trinajstić information content (AvgIpc) is 2.90. The van der Waals surface area contributed by atoms with Gasteiger partial charge < -0.3 is 15.5 Å². The fourth-order valence-electron chi connectivity index (χ4n) is 3.49. The molecule has 2 N–H and O–H groups in total. The smallest absolute Gasteiger partial charge is 0.356 e. The van der Waals surface area contributed by atoms with Gasteiger partial charge in [0.2, 0.25) is 0 Å². The van der Waals surface area contributed by atoms with Gasteiger partial charge in [0.05, 0.1) is 0 Å². The minimum absolute atomic E-state index is 0. The van der Waals surface area contributed by atoms with Crippen LogP contribution >= 0.6 is 24.0 Å². The Balaban J connectivity index is 0.00000450. The lowest BCUT2D eigenvalue weighted by atomic mass is 9.99. The van der Waals surface area contributed by atoms with E-state index in [0.717, 1.165) is 0 Å². The van der Waals surface area contributed by atoms with Gasteiger partial charge in [0.25, 0.3) is 5.91 Å². The van der Waals surface area contributed by atoms with E-state index in [1.807, 2.05) is 11.8 Å². The summed E-state index contributed by atoms with van der Waals surface area (Å²) in [6.07, 6.45) is -3.16. The predicted molar refractivity (Wildman–Crippen MR) is 119 cm³/mol. The molecule has 0 aromatic heterocycles. The molecule has 0 radical (unpaired) electrons. The molecular formula is C18H32F3IN6O2. The number of hydrogen-bond acceptors (Lipinski definition) is 4. The second-order valence-corrected chi connectivity index (χ2v) is 7.64. The van der Waals surface area contributed by atoms with Crippen molar-refractivity contribution in [3.8, 4) is 0 Å². The summed E-state index contributed by atoms with van der Waals surface area (Å²) in [7, 11) is 1.62. The van der Waals surface area contributed by atoms with Crippen LogP contribution in [0.1, 0.15) is 33.6 Å². The molecule has 0 bridgehead atoms. The number of carbonyl (C=O) groups excluding carboxylic acids is 2. The van der Waals surface area contributed by atoms with E-state index in [1.54, 1.807) is 14.0 Å². The van der Waals surface area contributed by atoms with Crippen molar-refractivity contribution in [3.05, 3.63) is 0 Å². The van der Waals surface area contributed by atoms with Crippen LogP contribution in [0.2, 0.25) is 0 Å². The first-order chi connectivity index (χ1) is 13.5. The van der Waals surface area contributed by atoms with Crippen LogP contribution < -0.4 is 10.6 Å². The Labute approximate surface area is 192 Å². The summed E-state index contributed by atoms with van der Waals surface area (Å²) < 4.78 is 38.6. The van der Waals surface area contributed by atoms with Crippen LogP contribution in [0.5, 0.6) is 0 Å². The third-order valence-electron chi connectivity index (χ3n) is 5.74. The van der Waals surface area contributed by atoms with Gasteiger partial charge >= 0.3 is 12.2 Å². The zero-order valence-corrected chi connectivity index (χ0v) is 20.2. The van der Waals surface area contributed by atoms with E-state index in [0.29, 0.717) is 58.1 Å². The molecule has 2 rings (SSSR count). The van der Waals surface area contributed by atoms with Gasteiger partial charge in [-0.3, -0.25) is 19.6 Å². The fourth-order valence-corrected chi connectivity index (χ4v) is 3.49. The lowest BCUT2D eigenvalue weighted by molar-refractivity contribution is -0.181. The lowest BCUT2D eigenvalue weighted by Crippen LogP contribution is -2.56. The number of urea groups is 1. The van der Waals surface area contributed by atoms with Crippen molar-refractivity contribution < 1.29 is 22.8 Å². The average molecular weight is 548 g/mol. The van der Waals surface area contributed by atoms with Crippen LogP contribution in [0.25, 0.3) is 0 Å². The summed E-state index contributed by atoms with van der Waals surface area (Å²) in [4.78, 5) is 33.1. The van der Waals surface area contributed by atoms with Crippen LogP contribution in [0, 0.1) is 0 Å². The number of rotatable bonds is 6. The van der Waals surface area contributed by atoms with Gasteiger partial charge in [-0.25, -0.2) is 4.79 Å². The summed E-state index contributed by atoms with van der Waals surface area (Å²) in [5, 5.41) is 5.88. The molecular weight excluding hydrogens is 516 g/mol. The van der Waals surface area contributed by atoms with Crippen LogP contribution in [0.15, 0.2) is 4.99 Å². The largest absolute Gasteiger partial charge is 0.403 e. The number of nitrogens with zero attached hydrogens (tertiary/aromatic N) is 4. The minimum atomic E-state index is -4.23. The summed E-state index contributed by atoms with van der Waals surface area (Å²) in [5.41, 5.74) is -0.840. The molecule has 2 aliphatic heterocycles. The number of guanidine groups is 1. The maximum Gasteiger partial charge on any atom is 0.403 e. The molecule has 12 heteroatoms. The van der Waals surface area contributed by atoms with Gasteiger partial charge in [-0.15, -0.1) is 24.0 Å². The van der Waals surface area contributed by atoms with E-state index in [1.165, 1.54) is 16.7 Å². The van der Waals surface area contributed by atoms with E-state index in [-0.39, 0.29) is 35.9 Å². The van der Waals surface area contributed by atoms with Gasteiger partial charge in [-0.05, 0) is 26.7 Å². The third kappa shape index (κ3) is 6.11. The van der Waals surface area contributed by atoms with Crippen LogP contribution in [0.3, 0.4) is 0 Å². The highest BCUT2D eigenvalue weighted by Gasteiger charge is 2.46. The van der Waals surface area contributed by atoms with Crippen LogP contribution in [-0.4, -0.2) is 96.7 Å². The van der Waals surface area contributed by atoms with Crippen molar-refractivity contribution in [3.63, 3.8) is 0 Å². The molecule has 0 aliphatic carbocycles. The molecule has 0 aromatic rings. The van der Waals surface area contributed by atoms with E-state index in [2.05, 4.69) is 15.6 Å². The molecule has 30 heavy (non-hydrogen) atoms. The monoisotopic (exact) mass is 548 g/mol. The lowest BCUT2D eigenvalue weighted by Gasteiger charge is -2.39. The molecule has 0 saturated carbocycles. The van der Waals surface area contributed by atoms with Crippen molar-refractivity contribution >= 4 is 41.9 Å². The number of alkyl halides is 3. The first-order valence-corrected chi connectivity index (χ1v) is 9.94. The number of piperazine rings is 1. The Kier molecular flexibility index (Phi) is 9.64. The molecule has 174 valence electrons. The summed E-state index contributed by atoms with van der Waals surface area (Å²) >= 11 is 0. The highest BCUT2D eigenvalue weighted by atomic mass is 127. The number of amides is 3. The highest BCUT2D eigenvalue weighted by molar-refractivity contribution is 14.0. The Morgan fingerprint density at radius 3 is 2.33 bits per heavy atom. The van der Waals surface area contributed by atoms with Gasteiger partial charge in [0, 0.05) is 46.3 Å². The van der Waals surface area contributed by atoms with Crippen molar-refractivity contribution in [2.24, 2.45) is 4.99 Å². The van der Waals surface area contributed by atoms with Gasteiger partial charge in [0.15, 0.2) is 5.96 Å². The van der Waals surface area contributed by atoms with Crippen molar-refractivity contribution in [1.29, 1.82) is 0 Å². The zero-order chi connectivity index (χ0) is 21.8. The van der Waals surface area contributed by atoms with Crippen LogP contribution in [0.4, 0.5) is 18.0 Å². The Morgan fingerprint density at radius 1 is 1.27 bits per heavy atom. The summed E-state index contributed by atoms with van der Waals surface area (Å²) in [5.74, 6) is 0.393. The van der Waals surface area contributed by atoms with E-state index in [4.69, 9.17) is 0 Å². The number of imide groups is 1. The van der Waals surface area contributed by atoms with Gasteiger partial charge in [-0.2, -0.15) is 13.2 Å². The fraction of sp³-hybridized carbons (Fsp3) is 0.833. The SMILES string of the molecule is CCC1(C)NC(=O)N(CCCNC(=NC)N2CCN(C(C)C(F)(F)F)CC2)C1=O.I. The number of carbonyl (C=O) groups is 2. The second-order valence-electron chi connectivity index (χ2n) is 7.64. The molecule has 2 aliphatic rings. The van der Waals surface area contributed by atoms with E-state index in [9.17, 15) is 22.8 Å². The first kappa shape index (κ1) is 26.7. The van der Waals surface area contributed by atoms with Gasteiger partial charge in [-0.1, -0.05) is 6.92 Å². The molecule has 2 fully saturated rings.